The van der Waals surface area contributed by atoms with Gasteiger partial charge in [0.05, 0.1) is 0 Å². The largest absolute Gasteiger partial charge is 0.394 e. The molecule has 0 fully saturated rings. The molecule has 0 aromatic heterocycles. The van der Waals surface area contributed by atoms with Gasteiger partial charge in [0.2, 0.25) is 0 Å². The number of hydrogen-bond donors (Lipinski definition) is 2. The van der Waals surface area contributed by atoms with Gasteiger partial charge in [-0.25, -0.2) is 4.39 Å². The molecule has 2 nitrogen and oxygen atoms in total. The van der Waals surface area contributed by atoms with Crippen LogP contribution in [0.5, 0.6) is 0 Å². The van der Waals surface area contributed by atoms with E-state index in [9.17, 15) is 4.39 Å². The fourth-order valence-electron chi connectivity index (χ4n) is 7.04. The second-order valence-corrected chi connectivity index (χ2v) is 20.3. The summed E-state index contributed by atoms with van der Waals surface area (Å²) < 4.78 is 14.8. The van der Waals surface area contributed by atoms with Gasteiger partial charge in [0.1, 0.15) is 5.67 Å². The first-order valence-corrected chi connectivity index (χ1v) is 29.5. The van der Waals surface area contributed by atoms with Gasteiger partial charge in [0.15, 0.2) is 0 Å². The van der Waals surface area contributed by atoms with Gasteiger partial charge in [-0.05, 0) is 88.2 Å². The third kappa shape index (κ3) is 83.1. The van der Waals surface area contributed by atoms with E-state index < -0.39 is 5.67 Å². The van der Waals surface area contributed by atoms with Crippen molar-refractivity contribution in [3.8, 4) is 0 Å². The summed E-state index contributed by atoms with van der Waals surface area (Å²) in [5.41, 5.74) is 5.78. The first kappa shape index (κ1) is 80.9. The fraction of sp³-hybridized carbons (Fsp3) is 0.788. The fourth-order valence-corrected chi connectivity index (χ4v) is 7.04. The number of rotatable bonds is 39. The Kier molecular flexibility index (Phi) is 84.9. The van der Waals surface area contributed by atoms with Gasteiger partial charge < -0.3 is 11.1 Å². The van der Waals surface area contributed by atoms with Crippen LogP contribution in [0.2, 0.25) is 0 Å². The SMILES string of the molecule is C=C.C=C(CCCCCCCCCCCCCCC)CCC(C)C.C=CC(C)C.C=CC/C=C\CC(C=C)CC(F)(CC)C(C)CC.CCC.CCCCCCCCCCCC.CN/C=C\C(C)N. The van der Waals surface area contributed by atoms with Crippen LogP contribution in [0.25, 0.3) is 0 Å². The molecule has 4 atom stereocenters. The van der Waals surface area contributed by atoms with Crippen molar-refractivity contribution in [2.45, 2.75) is 307 Å². The number of alkyl halides is 1. The summed E-state index contributed by atoms with van der Waals surface area (Å²) in [6.07, 6.45) is 55.7. The summed E-state index contributed by atoms with van der Waals surface area (Å²) >= 11 is 0. The number of nitrogens with one attached hydrogen (secondary N) is 1. The van der Waals surface area contributed by atoms with Gasteiger partial charge in [-0.15, -0.1) is 32.9 Å². The first-order chi connectivity index (χ1) is 33.1. The molecule has 0 amide bonds. The van der Waals surface area contributed by atoms with Crippen molar-refractivity contribution in [1.29, 1.82) is 0 Å². The van der Waals surface area contributed by atoms with Gasteiger partial charge in [-0.1, -0.05) is 286 Å². The van der Waals surface area contributed by atoms with Crippen LogP contribution in [0.3, 0.4) is 0 Å². The zero-order valence-corrected chi connectivity index (χ0v) is 50.3. The van der Waals surface area contributed by atoms with Gasteiger partial charge in [0, 0.05) is 13.1 Å². The molecular formula is C66H133FN2. The molecule has 0 aromatic rings. The molecule has 0 radical (unpaired) electrons. The summed E-state index contributed by atoms with van der Waals surface area (Å²) in [5.74, 6) is 1.81. The normalized spacial score (nSPS) is 12.6. The highest BCUT2D eigenvalue weighted by atomic mass is 19.1. The minimum absolute atomic E-state index is 0.113. The molecule has 0 aromatic carbocycles. The lowest BCUT2D eigenvalue weighted by Crippen LogP contribution is -2.32. The maximum atomic E-state index is 14.8. The quantitative estimate of drug-likeness (QED) is 0.0476. The third-order valence-electron chi connectivity index (χ3n) is 12.1. The Morgan fingerprint density at radius 3 is 1.23 bits per heavy atom. The average molecular weight is 974 g/mol. The van der Waals surface area contributed by atoms with Crippen molar-refractivity contribution in [2.75, 3.05) is 7.05 Å². The number of hydrogen-bond acceptors (Lipinski definition) is 2. The van der Waals surface area contributed by atoms with Crippen molar-refractivity contribution in [2.24, 2.45) is 29.4 Å². The highest BCUT2D eigenvalue weighted by molar-refractivity contribution is 4.97. The zero-order valence-electron chi connectivity index (χ0n) is 50.3. The monoisotopic (exact) mass is 973 g/mol. The molecule has 3 heteroatoms. The van der Waals surface area contributed by atoms with E-state index in [1.165, 1.54) is 179 Å². The number of nitrogens with two attached hydrogens (primary N) is 1. The number of allylic oxidation sites excluding steroid dienone is 6. The van der Waals surface area contributed by atoms with Crippen LogP contribution >= 0.6 is 0 Å². The second kappa shape index (κ2) is 72.4. The van der Waals surface area contributed by atoms with E-state index >= 15 is 0 Å². The molecule has 3 N–H and O–H groups in total. The Bertz CT molecular complexity index is 998. The molecule has 0 spiro atoms. The van der Waals surface area contributed by atoms with Crippen LogP contribution in [0.4, 0.5) is 4.39 Å². The van der Waals surface area contributed by atoms with E-state index in [4.69, 9.17) is 5.73 Å². The second-order valence-electron chi connectivity index (χ2n) is 20.3. The third-order valence-corrected chi connectivity index (χ3v) is 12.1. The number of unbranched alkanes of at least 4 members (excludes halogenated alkanes) is 21. The maximum absolute atomic E-state index is 14.8. The van der Waals surface area contributed by atoms with Gasteiger partial charge >= 0.3 is 0 Å². The Hall–Kier alpha value is -2.13. The molecule has 0 saturated heterocycles. The van der Waals surface area contributed by atoms with E-state index in [0.717, 1.165) is 25.2 Å². The molecule has 0 aliphatic carbocycles. The summed E-state index contributed by atoms with van der Waals surface area (Å²) in [4.78, 5) is 0. The molecular weight excluding hydrogens is 840 g/mol. The maximum Gasteiger partial charge on any atom is 0.113 e. The van der Waals surface area contributed by atoms with Crippen molar-refractivity contribution in [1.82, 2.24) is 5.32 Å². The molecule has 0 rings (SSSR count). The highest BCUT2D eigenvalue weighted by Gasteiger charge is 2.34. The van der Waals surface area contributed by atoms with Crippen molar-refractivity contribution < 1.29 is 4.39 Å². The Labute approximate surface area is 439 Å². The number of halogens is 1. The molecule has 4 unspecified atom stereocenters. The predicted octanol–water partition coefficient (Wildman–Crippen LogP) is 23.4. The molecule has 0 bridgehead atoms. The van der Waals surface area contributed by atoms with Crippen molar-refractivity contribution in [3.05, 3.63) is 87.7 Å². The van der Waals surface area contributed by atoms with Crippen molar-refractivity contribution >= 4 is 0 Å². The average Bonchev–Trinajstić information content (AvgIpc) is 3.34. The summed E-state index contributed by atoms with van der Waals surface area (Å²) in [7, 11) is 1.85. The van der Waals surface area contributed by atoms with Crippen LogP contribution in [-0.4, -0.2) is 18.8 Å². The van der Waals surface area contributed by atoms with Crippen LogP contribution < -0.4 is 11.1 Å². The Balaban J connectivity index is -0.000000146. The van der Waals surface area contributed by atoms with Crippen LogP contribution in [0.15, 0.2) is 87.7 Å². The Morgan fingerprint density at radius 2 is 0.971 bits per heavy atom. The summed E-state index contributed by atoms with van der Waals surface area (Å²) in [6.45, 7) is 49.2. The van der Waals surface area contributed by atoms with Crippen LogP contribution in [0.1, 0.15) is 295 Å². The molecule has 414 valence electrons. The minimum Gasteiger partial charge on any atom is -0.394 e. The highest BCUT2D eigenvalue weighted by Crippen LogP contribution is 2.36. The molecule has 69 heavy (non-hydrogen) atoms. The molecule has 0 aliphatic heterocycles. The lowest BCUT2D eigenvalue weighted by molar-refractivity contribution is 0.0601. The van der Waals surface area contributed by atoms with Crippen molar-refractivity contribution in [3.63, 3.8) is 0 Å². The standard InChI is InChI=1S/C22H44.C17H29F.C12H26.C5H12N2.C5H10.C3H8.C2H4/c1-5-6-7-8-9-10-11-12-13-14-15-16-17-18-22(4)20-19-21(2)3;1-6-10-11-12-13-16(8-3)14-17(18,9-4)15(5)7-2;1-3-5-7-9-11-12-10-8-6-4-2;1-5(6)3-4-7-2;1-4-5(2)3;1-3-2;1-2/h21H,4-20H2,1-3H3;6,8,11-12,15-16H,1,3,7,9-10,13-14H2,2,4-5H3;3-12H2,1-2H3;3-5,7H,6H2,1-2H3;4-5H,1H2,2-3H3;3H2,1-2H3;1-2H2/b;12-11-;;4-3-;;;. The summed E-state index contributed by atoms with van der Waals surface area (Å²) in [6, 6.07) is 0.160. The topological polar surface area (TPSA) is 38.0 Å². The van der Waals surface area contributed by atoms with Gasteiger partial charge in [-0.2, -0.15) is 0 Å². The lowest BCUT2D eigenvalue weighted by Gasteiger charge is -2.32. The van der Waals surface area contributed by atoms with Gasteiger partial charge in [0.25, 0.3) is 0 Å². The molecule has 0 heterocycles. The van der Waals surface area contributed by atoms with Crippen LogP contribution in [-0.2, 0) is 0 Å². The Morgan fingerprint density at radius 1 is 0.594 bits per heavy atom. The van der Waals surface area contributed by atoms with E-state index in [0.29, 0.717) is 18.8 Å². The van der Waals surface area contributed by atoms with Crippen LogP contribution in [0, 0.1) is 23.7 Å². The lowest BCUT2D eigenvalue weighted by atomic mass is 9.78. The molecule has 0 aliphatic rings. The first-order valence-electron chi connectivity index (χ1n) is 29.5. The smallest absolute Gasteiger partial charge is 0.113 e. The van der Waals surface area contributed by atoms with E-state index in [1.54, 1.807) is 0 Å². The van der Waals surface area contributed by atoms with E-state index in [2.05, 4.69) is 126 Å². The minimum atomic E-state index is -1.06. The molecule has 0 saturated carbocycles. The van der Waals surface area contributed by atoms with E-state index in [1.807, 2.05) is 58.3 Å². The zero-order chi connectivity index (χ0) is 54.2. The predicted molar refractivity (Wildman–Crippen MR) is 326 cm³/mol. The van der Waals surface area contributed by atoms with E-state index in [-0.39, 0.29) is 17.9 Å². The summed E-state index contributed by atoms with van der Waals surface area (Å²) in [5, 5.41) is 2.84. The van der Waals surface area contributed by atoms with Gasteiger partial charge in [-0.3, -0.25) is 0 Å².